The Morgan fingerprint density at radius 1 is 1.25 bits per heavy atom. The monoisotopic (exact) mass is 162 g/mol. The molecule has 0 saturated heterocycles. The van der Waals surface area contributed by atoms with Gasteiger partial charge in [0.25, 0.3) is 0 Å². The van der Waals surface area contributed by atoms with Crippen LogP contribution in [0.5, 0.6) is 0 Å². The lowest BCUT2D eigenvalue weighted by atomic mass is 10.0. The minimum atomic E-state index is 0.919. The van der Waals surface area contributed by atoms with Gasteiger partial charge in [-0.2, -0.15) is 0 Å². The summed E-state index contributed by atoms with van der Waals surface area (Å²) in [6.07, 6.45) is 1.99. The maximum atomic E-state index is 5.83. The third kappa shape index (κ3) is 1.79. The first-order chi connectivity index (χ1) is 5.65. The van der Waals surface area contributed by atoms with E-state index >= 15 is 0 Å². The number of anilines is 1. The zero-order valence-corrected chi connectivity index (χ0v) is 7.85. The Balaban J connectivity index is 3.04. The molecular weight excluding hydrogens is 146 g/mol. The topological polar surface area (TPSA) is 26.0 Å². The van der Waals surface area contributed by atoms with Crippen LogP contribution in [0.15, 0.2) is 12.1 Å². The van der Waals surface area contributed by atoms with Crippen LogP contribution in [0.3, 0.4) is 0 Å². The summed E-state index contributed by atoms with van der Waals surface area (Å²) in [6, 6.07) is 4.29. The summed E-state index contributed by atoms with van der Waals surface area (Å²) in [7, 11) is 0. The first kappa shape index (κ1) is 9.11. The van der Waals surface area contributed by atoms with Gasteiger partial charge in [0.05, 0.1) is 0 Å². The first-order valence-electron chi connectivity index (χ1n) is 4.30. The largest absolute Gasteiger partial charge is 0.398 e. The van der Waals surface area contributed by atoms with E-state index in [0.717, 1.165) is 18.5 Å². The Morgan fingerprint density at radius 3 is 2.17 bits per heavy atom. The molecular formula is C11H16N. The predicted molar refractivity (Wildman–Crippen MR) is 54.0 cm³/mol. The van der Waals surface area contributed by atoms with Crippen molar-refractivity contribution >= 4 is 5.69 Å². The molecule has 2 N–H and O–H groups in total. The lowest BCUT2D eigenvalue weighted by Gasteiger charge is -2.07. The van der Waals surface area contributed by atoms with Gasteiger partial charge >= 0.3 is 0 Å². The number of aryl methyl sites for hydroxylation is 3. The van der Waals surface area contributed by atoms with Crippen LogP contribution in [0.25, 0.3) is 0 Å². The summed E-state index contributed by atoms with van der Waals surface area (Å²) in [5.74, 6) is 0. The molecule has 0 fully saturated rings. The Hall–Kier alpha value is -0.980. The predicted octanol–water partition coefficient (Wildman–Crippen LogP) is 2.65. The molecule has 1 nitrogen and oxygen atoms in total. The molecule has 0 aliphatic heterocycles. The fraction of sp³-hybridized carbons (Fsp3) is 0.364. The van der Waals surface area contributed by atoms with Crippen LogP contribution >= 0.6 is 0 Å². The lowest BCUT2D eigenvalue weighted by Crippen LogP contribution is -1.95. The zero-order valence-electron chi connectivity index (χ0n) is 7.85. The van der Waals surface area contributed by atoms with Gasteiger partial charge in [0.1, 0.15) is 0 Å². The van der Waals surface area contributed by atoms with Crippen LogP contribution in [-0.4, -0.2) is 0 Å². The van der Waals surface area contributed by atoms with Gasteiger partial charge in [-0.25, -0.2) is 0 Å². The van der Waals surface area contributed by atoms with Crippen molar-refractivity contribution in [1.82, 2.24) is 0 Å². The molecule has 0 spiro atoms. The van der Waals surface area contributed by atoms with Crippen LogP contribution < -0.4 is 5.73 Å². The van der Waals surface area contributed by atoms with Crippen molar-refractivity contribution in [3.05, 3.63) is 35.7 Å². The highest BCUT2D eigenvalue weighted by Gasteiger charge is 2.00. The molecule has 0 aliphatic rings. The van der Waals surface area contributed by atoms with Crippen molar-refractivity contribution < 1.29 is 0 Å². The highest BCUT2D eigenvalue weighted by molar-refractivity contribution is 5.54. The van der Waals surface area contributed by atoms with Crippen LogP contribution in [-0.2, 0) is 6.42 Å². The van der Waals surface area contributed by atoms with E-state index in [0.29, 0.717) is 0 Å². The molecule has 1 radical (unpaired) electrons. The molecule has 1 aromatic carbocycles. The van der Waals surface area contributed by atoms with E-state index in [1.54, 1.807) is 0 Å². The van der Waals surface area contributed by atoms with Gasteiger partial charge in [0, 0.05) is 5.69 Å². The normalized spacial score (nSPS) is 10.2. The number of hydrogen-bond acceptors (Lipinski definition) is 1. The molecule has 0 unspecified atom stereocenters. The van der Waals surface area contributed by atoms with E-state index in [9.17, 15) is 0 Å². The van der Waals surface area contributed by atoms with Gasteiger partial charge in [0.2, 0.25) is 0 Å². The number of benzene rings is 1. The summed E-state index contributed by atoms with van der Waals surface area (Å²) in [5.41, 5.74) is 10.5. The van der Waals surface area contributed by atoms with Crippen molar-refractivity contribution in [3.63, 3.8) is 0 Å². The molecule has 65 valence electrons. The second-order valence-electron chi connectivity index (χ2n) is 3.25. The molecule has 12 heavy (non-hydrogen) atoms. The number of rotatable bonds is 2. The van der Waals surface area contributed by atoms with Crippen molar-refractivity contribution in [2.75, 3.05) is 5.73 Å². The Labute approximate surface area is 74.6 Å². The van der Waals surface area contributed by atoms with Crippen molar-refractivity contribution in [2.24, 2.45) is 0 Å². The van der Waals surface area contributed by atoms with Crippen LogP contribution in [0.1, 0.15) is 23.1 Å². The van der Waals surface area contributed by atoms with Crippen molar-refractivity contribution in [1.29, 1.82) is 0 Å². The van der Waals surface area contributed by atoms with Crippen LogP contribution in [0, 0.1) is 20.8 Å². The standard InChI is InChI=1S/C11H16N/c1-4-5-10-6-8(2)11(12)9(3)7-10/h6-7H,1,4-5,12H2,2-3H3. The first-order valence-corrected chi connectivity index (χ1v) is 4.30. The second-order valence-corrected chi connectivity index (χ2v) is 3.25. The minimum absolute atomic E-state index is 0.919. The average Bonchev–Trinajstić information content (AvgIpc) is 2.01. The van der Waals surface area contributed by atoms with Crippen LogP contribution in [0.2, 0.25) is 0 Å². The lowest BCUT2D eigenvalue weighted by molar-refractivity contribution is 0.994. The summed E-state index contributed by atoms with van der Waals surface area (Å²) in [6.45, 7) is 7.93. The van der Waals surface area contributed by atoms with Crippen LogP contribution in [0.4, 0.5) is 5.69 Å². The van der Waals surface area contributed by atoms with Crippen molar-refractivity contribution in [2.45, 2.75) is 26.7 Å². The second kappa shape index (κ2) is 3.61. The smallest absolute Gasteiger partial charge is 0.0373 e. The van der Waals surface area contributed by atoms with Gasteiger partial charge in [-0.15, -0.1) is 0 Å². The van der Waals surface area contributed by atoms with E-state index in [4.69, 9.17) is 5.73 Å². The van der Waals surface area contributed by atoms with Gasteiger partial charge in [0.15, 0.2) is 0 Å². The molecule has 0 saturated carbocycles. The average molecular weight is 162 g/mol. The summed E-state index contributed by atoms with van der Waals surface area (Å²) in [4.78, 5) is 0. The SMILES string of the molecule is [CH2]CCc1cc(C)c(N)c(C)c1. The molecule has 0 aromatic heterocycles. The molecule has 1 aromatic rings. The van der Waals surface area contributed by atoms with Crippen molar-refractivity contribution in [3.8, 4) is 0 Å². The van der Waals surface area contributed by atoms with Gasteiger partial charge in [-0.05, 0) is 43.4 Å². The molecule has 0 bridgehead atoms. The third-order valence-electron chi connectivity index (χ3n) is 2.12. The van der Waals surface area contributed by atoms with Gasteiger partial charge in [-0.3, -0.25) is 0 Å². The number of nitrogens with two attached hydrogens (primary N) is 1. The van der Waals surface area contributed by atoms with Gasteiger partial charge < -0.3 is 5.73 Å². The minimum Gasteiger partial charge on any atom is -0.398 e. The molecule has 0 aliphatic carbocycles. The van der Waals surface area contributed by atoms with E-state index in [-0.39, 0.29) is 0 Å². The quantitative estimate of drug-likeness (QED) is 0.665. The Bertz CT molecular complexity index is 253. The van der Waals surface area contributed by atoms with E-state index in [1.807, 2.05) is 0 Å². The zero-order chi connectivity index (χ0) is 9.14. The van der Waals surface area contributed by atoms with E-state index in [1.165, 1.54) is 16.7 Å². The number of hydrogen-bond donors (Lipinski definition) is 1. The highest BCUT2D eigenvalue weighted by atomic mass is 14.6. The molecule has 0 heterocycles. The fourth-order valence-electron chi connectivity index (χ4n) is 1.41. The molecule has 1 rings (SSSR count). The fourth-order valence-corrected chi connectivity index (χ4v) is 1.41. The summed E-state index contributed by atoms with van der Waals surface area (Å²) < 4.78 is 0. The molecule has 0 amide bonds. The third-order valence-corrected chi connectivity index (χ3v) is 2.12. The Kier molecular flexibility index (Phi) is 2.74. The van der Waals surface area contributed by atoms with Gasteiger partial charge in [-0.1, -0.05) is 19.1 Å². The molecule has 1 heteroatoms. The van der Waals surface area contributed by atoms with E-state index in [2.05, 4.69) is 32.9 Å². The molecule has 0 atom stereocenters. The summed E-state index contributed by atoms with van der Waals surface area (Å²) in [5, 5.41) is 0. The highest BCUT2D eigenvalue weighted by Crippen LogP contribution is 2.19. The maximum absolute atomic E-state index is 5.83. The summed E-state index contributed by atoms with van der Waals surface area (Å²) >= 11 is 0. The number of nitrogen functional groups attached to an aromatic ring is 1. The van der Waals surface area contributed by atoms with E-state index < -0.39 is 0 Å². The Morgan fingerprint density at radius 2 is 1.75 bits per heavy atom. The maximum Gasteiger partial charge on any atom is 0.0373 e.